The van der Waals surface area contributed by atoms with Crippen LogP contribution in [0.2, 0.25) is 0 Å². The SMILES string of the molecule is COCCNC(=O)c1cc(=O)nc2sc(N3CCCC(C)C3)nn12. The van der Waals surface area contributed by atoms with Gasteiger partial charge in [-0.2, -0.15) is 9.50 Å². The van der Waals surface area contributed by atoms with E-state index in [1.807, 2.05) is 0 Å². The molecule has 0 bridgehead atoms. The highest BCUT2D eigenvalue weighted by molar-refractivity contribution is 7.20. The number of rotatable bonds is 5. The molecule has 0 aromatic carbocycles. The van der Waals surface area contributed by atoms with Crippen LogP contribution in [0.1, 0.15) is 30.3 Å². The smallest absolute Gasteiger partial charge is 0.274 e. The summed E-state index contributed by atoms with van der Waals surface area (Å²) in [7, 11) is 1.56. The lowest BCUT2D eigenvalue weighted by molar-refractivity contribution is 0.0929. The summed E-state index contributed by atoms with van der Waals surface area (Å²) in [4.78, 5) is 30.8. The Kier molecular flexibility index (Phi) is 5.10. The Bertz CT molecular complexity index is 787. The lowest BCUT2D eigenvalue weighted by Crippen LogP contribution is -2.34. The van der Waals surface area contributed by atoms with Crippen molar-refractivity contribution < 1.29 is 9.53 Å². The Labute approximate surface area is 143 Å². The van der Waals surface area contributed by atoms with Gasteiger partial charge < -0.3 is 15.0 Å². The van der Waals surface area contributed by atoms with Crippen molar-refractivity contribution in [2.24, 2.45) is 5.92 Å². The number of hydrogen-bond acceptors (Lipinski definition) is 7. The summed E-state index contributed by atoms with van der Waals surface area (Å²) in [5.41, 5.74) is -0.234. The minimum absolute atomic E-state index is 0.202. The minimum Gasteiger partial charge on any atom is -0.383 e. The summed E-state index contributed by atoms with van der Waals surface area (Å²) in [6.07, 6.45) is 2.33. The van der Waals surface area contributed by atoms with Crippen molar-refractivity contribution in [2.75, 3.05) is 38.3 Å². The summed E-state index contributed by atoms with van der Waals surface area (Å²) in [6.45, 7) is 4.86. The topological polar surface area (TPSA) is 88.8 Å². The first-order chi connectivity index (χ1) is 11.6. The van der Waals surface area contributed by atoms with Crippen molar-refractivity contribution in [3.05, 3.63) is 22.1 Å². The van der Waals surface area contributed by atoms with E-state index >= 15 is 0 Å². The standard InChI is InChI=1S/C15H21N5O3S/c1-10-4-3-6-19(9-10)15-18-20-11(13(22)16-5-7-23-2)8-12(21)17-14(20)24-15/h8,10H,3-7,9H2,1-2H3,(H,16,22). The molecule has 3 heterocycles. The van der Waals surface area contributed by atoms with Crippen LogP contribution < -0.4 is 15.8 Å². The highest BCUT2D eigenvalue weighted by Crippen LogP contribution is 2.27. The Morgan fingerprint density at radius 2 is 2.38 bits per heavy atom. The maximum atomic E-state index is 12.3. The first kappa shape index (κ1) is 16.8. The van der Waals surface area contributed by atoms with Crippen molar-refractivity contribution in [2.45, 2.75) is 19.8 Å². The quantitative estimate of drug-likeness (QED) is 0.800. The van der Waals surface area contributed by atoms with Crippen molar-refractivity contribution in [3.63, 3.8) is 0 Å². The number of hydrogen-bond donors (Lipinski definition) is 1. The molecular weight excluding hydrogens is 330 g/mol. The minimum atomic E-state index is -0.436. The molecule has 1 fully saturated rings. The number of nitrogens with one attached hydrogen (secondary N) is 1. The van der Waals surface area contributed by atoms with Crippen molar-refractivity contribution in [1.82, 2.24) is 19.9 Å². The van der Waals surface area contributed by atoms with Crippen LogP contribution in [0.3, 0.4) is 0 Å². The van der Waals surface area contributed by atoms with Gasteiger partial charge in [0.05, 0.1) is 6.61 Å². The van der Waals surface area contributed by atoms with Gasteiger partial charge in [-0.1, -0.05) is 18.3 Å². The monoisotopic (exact) mass is 351 g/mol. The first-order valence-electron chi connectivity index (χ1n) is 8.01. The summed E-state index contributed by atoms with van der Waals surface area (Å²) >= 11 is 1.34. The Morgan fingerprint density at radius 1 is 1.54 bits per heavy atom. The van der Waals surface area contributed by atoms with Crippen molar-refractivity contribution in [1.29, 1.82) is 0 Å². The number of fused-ring (bicyclic) bond motifs is 1. The fourth-order valence-corrected chi connectivity index (χ4v) is 3.76. The van der Waals surface area contributed by atoms with Gasteiger partial charge in [0.15, 0.2) is 0 Å². The van der Waals surface area contributed by atoms with Gasteiger partial charge in [0.2, 0.25) is 10.1 Å². The molecule has 0 radical (unpaired) electrons. The molecule has 0 aliphatic carbocycles. The van der Waals surface area contributed by atoms with Crippen molar-refractivity contribution >= 4 is 27.3 Å². The zero-order valence-electron chi connectivity index (χ0n) is 13.8. The number of ether oxygens (including phenoxy) is 1. The maximum absolute atomic E-state index is 12.3. The zero-order chi connectivity index (χ0) is 17.1. The molecule has 0 saturated carbocycles. The van der Waals surface area contributed by atoms with E-state index in [2.05, 4.69) is 27.2 Å². The lowest BCUT2D eigenvalue weighted by Gasteiger charge is -2.30. The van der Waals surface area contributed by atoms with Crippen LogP contribution in [0, 0.1) is 5.92 Å². The van der Waals surface area contributed by atoms with Gasteiger partial charge in [-0.05, 0) is 18.8 Å². The van der Waals surface area contributed by atoms with Gasteiger partial charge in [-0.3, -0.25) is 9.59 Å². The molecule has 3 rings (SSSR count). The summed E-state index contributed by atoms with van der Waals surface area (Å²) < 4.78 is 6.38. The summed E-state index contributed by atoms with van der Waals surface area (Å²) in [5, 5.41) is 8.04. The van der Waals surface area contributed by atoms with Gasteiger partial charge in [0.1, 0.15) is 5.69 Å². The van der Waals surface area contributed by atoms with E-state index in [4.69, 9.17) is 4.74 Å². The molecular formula is C15H21N5O3S. The summed E-state index contributed by atoms with van der Waals surface area (Å²) in [5.74, 6) is 0.251. The number of aromatic nitrogens is 3. The molecule has 1 amide bonds. The molecule has 24 heavy (non-hydrogen) atoms. The molecule has 1 unspecified atom stereocenters. The van der Waals surface area contributed by atoms with Crippen LogP contribution in [-0.2, 0) is 4.74 Å². The zero-order valence-corrected chi connectivity index (χ0v) is 14.6. The summed E-state index contributed by atoms with van der Waals surface area (Å²) in [6, 6.07) is 1.22. The van der Waals surface area contributed by atoms with Crippen LogP contribution in [0.5, 0.6) is 0 Å². The fourth-order valence-electron chi connectivity index (χ4n) is 2.82. The second kappa shape index (κ2) is 7.27. The largest absolute Gasteiger partial charge is 0.383 e. The highest BCUT2D eigenvalue weighted by atomic mass is 32.1. The number of nitrogens with zero attached hydrogens (tertiary/aromatic N) is 4. The third kappa shape index (κ3) is 3.57. The van der Waals surface area contributed by atoms with E-state index < -0.39 is 5.56 Å². The fraction of sp³-hybridized carbons (Fsp3) is 0.600. The number of anilines is 1. The first-order valence-corrected chi connectivity index (χ1v) is 8.83. The van der Waals surface area contributed by atoms with E-state index in [0.29, 0.717) is 24.0 Å². The van der Waals surface area contributed by atoms with E-state index in [0.717, 1.165) is 24.6 Å². The third-order valence-corrected chi connectivity index (χ3v) is 4.96. The van der Waals surface area contributed by atoms with Crippen molar-refractivity contribution in [3.8, 4) is 0 Å². The molecule has 1 N–H and O–H groups in total. The number of carbonyl (C=O) groups excluding carboxylic acids is 1. The van der Waals surface area contributed by atoms with E-state index in [1.54, 1.807) is 7.11 Å². The molecule has 9 heteroatoms. The van der Waals surface area contributed by atoms with Gasteiger partial charge in [0, 0.05) is 32.8 Å². The van der Waals surface area contributed by atoms with E-state index in [9.17, 15) is 9.59 Å². The average Bonchev–Trinajstić information content (AvgIpc) is 2.98. The van der Waals surface area contributed by atoms with Crippen LogP contribution in [-0.4, -0.2) is 53.9 Å². The highest BCUT2D eigenvalue weighted by Gasteiger charge is 2.22. The molecule has 2 aromatic rings. The van der Waals surface area contributed by atoms with Crippen LogP contribution in [0.4, 0.5) is 5.13 Å². The van der Waals surface area contributed by atoms with Crippen LogP contribution in [0.25, 0.3) is 4.96 Å². The molecule has 130 valence electrons. The predicted octanol–water partition coefficient (Wildman–Crippen LogP) is 0.763. The van der Waals surface area contributed by atoms with Crippen LogP contribution in [0.15, 0.2) is 10.9 Å². The second-order valence-electron chi connectivity index (χ2n) is 6.00. The van der Waals surface area contributed by atoms with Gasteiger partial charge in [-0.25, -0.2) is 0 Å². The third-order valence-electron chi connectivity index (χ3n) is 4.00. The molecule has 8 nitrogen and oxygen atoms in total. The molecule has 1 atom stereocenters. The molecule has 1 aliphatic rings. The normalized spacial score (nSPS) is 18.1. The van der Waals surface area contributed by atoms with Crippen LogP contribution >= 0.6 is 11.3 Å². The number of amides is 1. The second-order valence-corrected chi connectivity index (χ2v) is 6.94. The average molecular weight is 351 g/mol. The van der Waals surface area contributed by atoms with Gasteiger partial charge in [0.25, 0.3) is 11.5 Å². The van der Waals surface area contributed by atoms with Gasteiger partial charge in [-0.15, -0.1) is 5.10 Å². The van der Waals surface area contributed by atoms with E-state index in [-0.39, 0.29) is 11.6 Å². The number of methoxy groups -OCH3 is 1. The molecule has 1 aliphatic heterocycles. The number of carbonyl (C=O) groups is 1. The van der Waals surface area contributed by atoms with E-state index in [1.165, 1.54) is 28.3 Å². The Morgan fingerprint density at radius 3 is 3.12 bits per heavy atom. The molecule has 0 spiro atoms. The predicted molar refractivity (Wildman–Crippen MR) is 92.0 cm³/mol. The lowest BCUT2D eigenvalue weighted by atomic mass is 10.0. The Balaban J connectivity index is 1.92. The maximum Gasteiger partial charge on any atom is 0.274 e. The molecule has 1 saturated heterocycles. The number of piperidine rings is 1. The van der Waals surface area contributed by atoms with Gasteiger partial charge >= 0.3 is 0 Å². The Hall–Kier alpha value is -2.00. The molecule has 2 aromatic heterocycles.